The number of fused-ring (bicyclic) bond motifs is 1. The number of nitrogens with one attached hydrogen (secondary N) is 1. The van der Waals surface area contributed by atoms with E-state index in [2.05, 4.69) is 16.8 Å². The molecule has 1 fully saturated rings. The summed E-state index contributed by atoms with van der Waals surface area (Å²) >= 11 is 1.79. The average Bonchev–Trinajstić information content (AvgIpc) is 2.87. The van der Waals surface area contributed by atoms with Crippen LogP contribution in [0.5, 0.6) is 0 Å². The number of hydrogen-bond acceptors (Lipinski definition) is 3. The number of carbonyl (C=O) groups excluding carboxylic acids is 2. The second-order valence-electron chi connectivity index (χ2n) is 6.28. The minimum Gasteiger partial charge on any atom is -0.344 e. The zero-order valence-electron chi connectivity index (χ0n) is 12.6. The number of thiophene rings is 1. The molecule has 1 aromatic heterocycles. The van der Waals surface area contributed by atoms with Gasteiger partial charge in [-0.3, -0.25) is 9.59 Å². The molecule has 21 heavy (non-hydrogen) atoms. The van der Waals surface area contributed by atoms with Gasteiger partial charge in [-0.1, -0.05) is 13.8 Å². The molecule has 1 aliphatic carbocycles. The monoisotopic (exact) mass is 306 g/mol. The SMILES string of the molecule is CC(C)C1NC(=O)CCN(C2CCCc3sccc32)C1=O. The normalized spacial score (nSPS) is 26.5. The number of amides is 2. The van der Waals surface area contributed by atoms with Gasteiger partial charge < -0.3 is 10.2 Å². The van der Waals surface area contributed by atoms with E-state index in [0.29, 0.717) is 13.0 Å². The van der Waals surface area contributed by atoms with Gasteiger partial charge in [0.25, 0.3) is 0 Å². The fraction of sp³-hybridized carbons (Fsp3) is 0.625. The summed E-state index contributed by atoms with van der Waals surface area (Å²) < 4.78 is 0. The summed E-state index contributed by atoms with van der Waals surface area (Å²) in [6, 6.07) is 1.92. The molecular formula is C16H22N2O2S. The predicted octanol–water partition coefficient (Wildman–Crippen LogP) is 2.50. The van der Waals surface area contributed by atoms with E-state index >= 15 is 0 Å². The van der Waals surface area contributed by atoms with Crippen LogP contribution in [-0.2, 0) is 16.0 Å². The smallest absolute Gasteiger partial charge is 0.245 e. The Morgan fingerprint density at radius 3 is 2.90 bits per heavy atom. The third-order valence-electron chi connectivity index (χ3n) is 4.51. The molecule has 1 saturated heterocycles. The van der Waals surface area contributed by atoms with E-state index in [1.165, 1.54) is 10.4 Å². The summed E-state index contributed by atoms with van der Waals surface area (Å²) in [5, 5.41) is 5.01. The maximum absolute atomic E-state index is 12.9. The first-order valence-electron chi connectivity index (χ1n) is 7.74. The van der Waals surface area contributed by atoms with Crippen LogP contribution in [0.25, 0.3) is 0 Å². The van der Waals surface area contributed by atoms with Crippen molar-refractivity contribution in [3.05, 3.63) is 21.9 Å². The highest BCUT2D eigenvalue weighted by molar-refractivity contribution is 7.10. The highest BCUT2D eigenvalue weighted by Gasteiger charge is 2.37. The van der Waals surface area contributed by atoms with E-state index in [1.54, 1.807) is 11.3 Å². The summed E-state index contributed by atoms with van der Waals surface area (Å²) in [6.07, 6.45) is 3.66. The lowest BCUT2D eigenvalue weighted by molar-refractivity contribution is -0.137. The van der Waals surface area contributed by atoms with Crippen LogP contribution in [0, 0.1) is 5.92 Å². The maximum atomic E-state index is 12.9. The molecule has 2 heterocycles. The Bertz CT molecular complexity index is 552. The number of nitrogens with zero attached hydrogens (tertiary/aromatic N) is 1. The topological polar surface area (TPSA) is 49.4 Å². The van der Waals surface area contributed by atoms with Crippen molar-refractivity contribution in [3.8, 4) is 0 Å². The lowest BCUT2D eigenvalue weighted by Gasteiger charge is -2.35. The fourth-order valence-corrected chi connectivity index (χ4v) is 4.35. The Kier molecular flexibility index (Phi) is 4.02. The van der Waals surface area contributed by atoms with Crippen molar-refractivity contribution in [1.29, 1.82) is 0 Å². The van der Waals surface area contributed by atoms with Gasteiger partial charge in [0, 0.05) is 17.8 Å². The Morgan fingerprint density at radius 1 is 1.33 bits per heavy atom. The lowest BCUT2D eigenvalue weighted by atomic mass is 9.91. The molecule has 114 valence electrons. The van der Waals surface area contributed by atoms with Crippen molar-refractivity contribution < 1.29 is 9.59 Å². The van der Waals surface area contributed by atoms with Gasteiger partial charge >= 0.3 is 0 Å². The highest BCUT2D eigenvalue weighted by Crippen LogP contribution is 2.38. The van der Waals surface area contributed by atoms with Crippen LogP contribution >= 0.6 is 11.3 Å². The van der Waals surface area contributed by atoms with E-state index in [0.717, 1.165) is 19.3 Å². The summed E-state index contributed by atoms with van der Waals surface area (Å²) in [7, 11) is 0. The van der Waals surface area contributed by atoms with E-state index in [9.17, 15) is 9.59 Å². The van der Waals surface area contributed by atoms with Crippen LogP contribution in [0.2, 0.25) is 0 Å². The second-order valence-corrected chi connectivity index (χ2v) is 7.28. The quantitative estimate of drug-likeness (QED) is 0.912. The van der Waals surface area contributed by atoms with Gasteiger partial charge in [0.1, 0.15) is 6.04 Å². The molecule has 0 radical (unpaired) electrons. The van der Waals surface area contributed by atoms with Crippen LogP contribution < -0.4 is 5.32 Å². The first kappa shape index (κ1) is 14.6. The highest BCUT2D eigenvalue weighted by atomic mass is 32.1. The largest absolute Gasteiger partial charge is 0.344 e. The summed E-state index contributed by atoms with van der Waals surface area (Å²) in [5.74, 6) is 0.193. The maximum Gasteiger partial charge on any atom is 0.245 e. The Hall–Kier alpha value is -1.36. The van der Waals surface area contributed by atoms with Gasteiger partial charge in [-0.05, 0) is 42.2 Å². The standard InChI is InChI=1S/C16H22N2O2S/c1-10(2)15-16(20)18(8-6-14(19)17-15)12-4-3-5-13-11(12)7-9-21-13/h7,9-10,12,15H,3-6,8H2,1-2H3,(H,17,19). The average molecular weight is 306 g/mol. The molecule has 0 spiro atoms. The van der Waals surface area contributed by atoms with E-state index < -0.39 is 0 Å². The molecule has 1 aliphatic heterocycles. The molecule has 4 nitrogen and oxygen atoms in total. The van der Waals surface area contributed by atoms with Gasteiger partial charge in [0.05, 0.1) is 6.04 Å². The number of rotatable bonds is 2. The number of carbonyl (C=O) groups is 2. The van der Waals surface area contributed by atoms with Crippen molar-refractivity contribution >= 4 is 23.2 Å². The second kappa shape index (κ2) is 5.79. The minimum absolute atomic E-state index is 0.00842. The van der Waals surface area contributed by atoms with Crippen molar-refractivity contribution in [2.45, 2.75) is 51.6 Å². The predicted molar refractivity (Wildman–Crippen MR) is 83.1 cm³/mol. The van der Waals surface area contributed by atoms with Crippen LogP contribution in [0.3, 0.4) is 0 Å². The Labute approximate surface area is 129 Å². The first-order chi connectivity index (χ1) is 10.1. The summed E-state index contributed by atoms with van der Waals surface area (Å²) in [6.45, 7) is 4.51. The zero-order valence-corrected chi connectivity index (χ0v) is 13.4. The molecule has 1 aromatic rings. The Balaban J connectivity index is 1.91. The number of hydrogen-bond donors (Lipinski definition) is 1. The van der Waals surface area contributed by atoms with Crippen molar-refractivity contribution in [2.75, 3.05) is 6.54 Å². The summed E-state index contributed by atoms with van der Waals surface area (Å²) in [4.78, 5) is 28.1. The molecule has 2 atom stereocenters. The molecule has 2 amide bonds. The zero-order chi connectivity index (χ0) is 15.0. The molecule has 1 N–H and O–H groups in total. The van der Waals surface area contributed by atoms with Crippen molar-refractivity contribution in [3.63, 3.8) is 0 Å². The van der Waals surface area contributed by atoms with E-state index in [4.69, 9.17) is 0 Å². The molecule has 2 aliphatic rings. The van der Waals surface area contributed by atoms with Crippen LogP contribution in [0.15, 0.2) is 11.4 Å². The van der Waals surface area contributed by atoms with Gasteiger partial charge in [-0.2, -0.15) is 0 Å². The van der Waals surface area contributed by atoms with E-state index in [-0.39, 0.29) is 29.8 Å². The van der Waals surface area contributed by atoms with Crippen LogP contribution in [-0.4, -0.2) is 29.3 Å². The fourth-order valence-electron chi connectivity index (χ4n) is 3.37. The van der Waals surface area contributed by atoms with Crippen LogP contribution in [0.1, 0.15) is 49.6 Å². The third-order valence-corrected chi connectivity index (χ3v) is 5.51. The van der Waals surface area contributed by atoms with Gasteiger partial charge in [-0.15, -0.1) is 11.3 Å². The molecule has 5 heteroatoms. The van der Waals surface area contributed by atoms with Gasteiger partial charge in [0.2, 0.25) is 11.8 Å². The van der Waals surface area contributed by atoms with Crippen LogP contribution in [0.4, 0.5) is 0 Å². The minimum atomic E-state index is -0.385. The van der Waals surface area contributed by atoms with Gasteiger partial charge in [0.15, 0.2) is 0 Å². The molecule has 3 rings (SSSR count). The first-order valence-corrected chi connectivity index (χ1v) is 8.62. The molecular weight excluding hydrogens is 284 g/mol. The van der Waals surface area contributed by atoms with Crippen molar-refractivity contribution in [1.82, 2.24) is 10.2 Å². The lowest BCUT2D eigenvalue weighted by Crippen LogP contribution is -2.48. The van der Waals surface area contributed by atoms with Gasteiger partial charge in [-0.25, -0.2) is 0 Å². The molecule has 0 bridgehead atoms. The van der Waals surface area contributed by atoms with E-state index in [1.807, 2.05) is 18.7 Å². The molecule has 0 aromatic carbocycles. The molecule has 0 saturated carbocycles. The Morgan fingerprint density at radius 2 is 2.14 bits per heavy atom. The third kappa shape index (κ3) is 2.71. The number of aryl methyl sites for hydroxylation is 1. The summed E-state index contributed by atoms with van der Waals surface area (Å²) in [5.41, 5.74) is 1.30. The van der Waals surface area contributed by atoms with Crippen molar-refractivity contribution in [2.24, 2.45) is 5.92 Å². The molecule has 2 unspecified atom stereocenters.